The molecule has 4 nitrogen and oxygen atoms in total. The molecule has 13 heavy (non-hydrogen) atoms. The first-order valence-corrected chi connectivity index (χ1v) is 4.56. The maximum Gasteiger partial charge on any atom is 0.163 e. The number of ether oxygens (including phenoxy) is 1. The summed E-state index contributed by atoms with van der Waals surface area (Å²) in [5.41, 5.74) is 2.08. The lowest BCUT2D eigenvalue weighted by Gasteiger charge is -2.27. The van der Waals surface area contributed by atoms with Gasteiger partial charge in [0.15, 0.2) is 5.75 Å². The Hall–Kier alpha value is -1.03. The zero-order valence-electron chi connectivity index (χ0n) is 8.29. The summed E-state index contributed by atoms with van der Waals surface area (Å²) in [7, 11) is 1.94. The van der Waals surface area contributed by atoms with Crippen LogP contribution in [0.25, 0.3) is 0 Å². The number of hydrogen-bond acceptors (Lipinski definition) is 3. The van der Waals surface area contributed by atoms with Crippen molar-refractivity contribution in [2.45, 2.75) is 20.0 Å². The van der Waals surface area contributed by atoms with Crippen molar-refractivity contribution in [1.82, 2.24) is 15.1 Å². The van der Waals surface area contributed by atoms with E-state index in [0.29, 0.717) is 6.10 Å². The molecule has 1 N–H and O–H groups in total. The molecule has 1 saturated heterocycles. The lowest BCUT2D eigenvalue weighted by Crippen LogP contribution is -2.50. The Labute approximate surface area is 77.9 Å². The average molecular weight is 181 g/mol. The smallest absolute Gasteiger partial charge is 0.163 e. The second-order valence-corrected chi connectivity index (χ2v) is 3.52. The fraction of sp³-hybridized carbons (Fsp3) is 0.667. The van der Waals surface area contributed by atoms with Crippen molar-refractivity contribution in [1.29, 1.82) is 0 Å². The van der Waals surface area contributed by atoms with Crippen LogP contribution >= 0.6 is 0 Å². The van der Waals surface area contributed by atoms with Gasteiger partial charge in [0.1, 0.15) is 11.8 Å². The van der Waals surface area contributed by atoms with Crippen molar-refractivity contribution >= 4 is 0 Å². The largest absolute Gasteiger partial charge is 0.484 e. The van der Waals surface area contributed by atoms with Crippen molar-refractivity contribution < 1.29 is 4.74 Å². The van der Waals surface area contributed by atoms with Gasteiger partial charge in [-0.3, -0.25) is 4.68 Å². The summed E-state index contributed by atoms with van der Waals surface area (Å²) in [6.07, 6.45) is 0.335. The molecule has 72 valence electrons. The average Bonchev–Trinajstić information content (AvgIpc) is 2.21. The number of rotatable bonds is 2. The first kappa shape index (κ1) is 8.56. The normalized spacial score (nSPS) is 17.2. The minimum Gasteiger partial charge on any atom is -0.484 e. The van der Waals surface area contributed by atoms with E-state index in [1.807, 2.05) is 25.6 Å². The van der Waals surface area contributed by atoms with Gasteiger partial charge in [-0.05, 0) is 13.8 Å². The first-order chi connectivity index (χ1) is 6.18. The molecule has 0 bridgehead atoms. The molecular weight excluding hydrogens is 166 g/mol. The van der Waals surface area contributed by atoms with Gasteiger partial charge in [0, 0.05) is 20.1 Å². The van der Waals surface area contributed by atoms with E-state index in [9.17, 15) is 0 Å². The molecule has 0 aliphatic carbocycles. The van der Waals surface area contributed by atoms with E-state index in [1.54, 1.807) is 0 Å². The zero-order valence-corrected chi connectivity index (χ0v) is 8.29. The summed E-state index contributed by atoms with van der Waals surface area (Å²) >= 11 is 0. The van der Waals surface area contributed by atoms with Gasteiger partial charge in [-0.15, -0.1) is 0 Å². The van der Waals surface area contributed by atoms with Crippen LogP contribution in [0.4, 0.5) is 0 Å². The van der Waals surface area contributed by atoms with Crippen LogP contribution in [-0.4, -0.2) is 29.0 Å². The molecule has 2 heterocycles. The van der Waals surface area contributed by atoms with E-state index in [2.05, 4.69) is 10.4 Å². The molecule has 0 saturated carbocycles. The van der Waals surface area contributed by atoms with Crippen molar-refractivity contribution in [3.05, 3.63) is 11.4 Å². The summed E-state index contributed by atoms with van der Waals surface area (Å²) in [6, 6.07) is 0. The predicted molar refractivity (Wildman–Crippen MR) is 50.0 cm³/mol. The Balaban J connectivity index is 2.17. The Bertz CT molecular complexity index is 315. The Morgan fingerprint density at radius 1 is 1.46 bits per heavy atom. The van der Waals surface area contributed by atoms with E-state index in [1.165, 1.54) is 0 Å². The van der Waals surface area contributed by atoms with E-state index in [-0.39, 0.29) is 0 Å². The topological polar surface area (TPSA) is 39.1 Å². The van der Waals surface area contributed by atoms with Gasteiger partial charge in [-0.1, -0.05) is 0 Å². The summed E-state index contributed by atoms with van der Waals surface area (Å²) in [6.45, 7) is 5.91. The van der Waals surface area contributed by atoms with Crippen LogP contribution in [0.1, 0.15) is 11.4 Å². The number of aromatic nitrogens is 2. The first-order valence-electron chi connectivity index (χ1n) is 4.56. The molecule has 0 spiro atoms. The molecule has 0 amide bonds. The molecule has 1 aromatic heterocycles. The molecule has 4 heteroatoms. The highest BCUT2D eigenvalue weighted by Gasteiger charge is 2.21. The minimum atomic E-state index is 0.335. The summed E-state index contributed by atoms with van der Waals surface area (Å²) in [5.74, 6) is 0.953. The highest BCUT2D eigenvalue weighted by molar-refractivity contribution is 5.32. The number of nitrogens with one attached hydrogen (secondary N) is 1. The van der Waals surface area contributed by atoms with Crippen molar-refractivity contribution in [2.24, 2.45) is 7.05 Å². The molecular formula is C9H15N3O. The van der Waals surface area contributed by atoms with Gasteiger partial charge in [-0.25, -0.2) is 0 Å². The third kappa shape index (κ3) is 1.42. The molecule has 0 radical (unpaired) electrons. The molecule has 0 atom stereocenters. The summed E-state index contributed by atoms with van der Waals surface area (Å²) in [5, 5.41) is 7.47. The van der Waals surface area contributed by atoms with Gasteiger partial charge in [0.25, 0.3) is 0 Å². The van der Waals surface area contributed by atoms with E-state index in [4.69, 9.17) is 4.74 Å². The number of aryl methyl sites for hydroxylation is 2. The van der Waals surface area contributed by atoms with Crippen LogP contribution in [0.15, 0.2) is 0 Å². The molecule has 2 rings (SSSR count). The third-order valence-electron chi connectivity index (χ3n) is 2.47. The van der Waals surface area contributed by atoms with Crippen molar-refractivity contribution in [2.75, 3.05) is 13.1 Å². The van der Waals surface area contributed by atoms with Crippen molar-refractivity contribution in [3.63, 3.8) is 0 Å². The molecule has 0 aromatic carbocycles. The van der Waals surface area contributed by atoms with Gasteiger partial charge >= 0.3 is 0 Å². The fourth-order valence-corrected chi connectivity index (χ4v) is 1.44. The Morgan fingerprint density at radius 2 is 2.15 bits per heavy atom. The Kier molecular flexibility index (Phi) is 2.00. The fourth-order valence-electron chi connectivity index (χ4n) is 1.44. The highest BCUT2D eigenvalue weighted by atomic mass is 16.5. The molecule has 1 aliphatic heterocycles. The number of nitrogens with zero attached hydrogens (tertiary/aromatic N) is 2. The van der Waals surface area contributed by atoms with Gasteiger partial charge in [-0.2, -0.15) is 5.10 Å². The summed E-state index contributed by atoms with van der Waals surface area (Å²) < 4.78 is 7.64. The quantitative estimate of drug-likeness (QED) is 0.717. The van der Waals surface area contributed by atoms with E-state index < -0.39 is 0 Å². The standard InChI is InChI=1S/C9H15N3O/c1-6-9(7(2)12(3)11-6)13-8-4-10-5-8/h8,10H,4-5H2,1-3H3. The van der Waals surface area contributed by atoms with Crippen LogP contribution in [0, 0.1) is 13.8 Å². The third-order valence-corrected chi connectivity index (χ3v) is 2.47. The van der Waals surface area contributed by atoms with E-state index in [0.717, 1.165) is 30.2 Å². The number of hydrogen-bond donors (Lipinski definition) is 1. The maximum absolute atomic E-state index is 5.79. The van der Waals surface area contributed by atoms with Crippen LogP contribution in [0.3, 0.4) is 0 Å². The molecule has 1 fully saturated rings. The maximum atomic E-state index is 5.79. The molecule has 1 aliphatic rings. The lowest BCUT2D eigenvalue weighted by atomic mass is 10.2. The Morgan fingerprint density at radius 3 is 2.54 bits per heavy atom. The van der Waals surface area contributed by atoms with Crippen LogP contribution in [0.5, 0.6) is 5.75 Å². The SMILES string of the molecule is Cc1nn(C)c(C)c1OC1CNC1. The second kappa shape index (κ2) is 3.03. The van der Waals surface area contributed by atoms with Gasteiger partial charge < -0.3 is 10.1 Å². The highest BCUT2D eigenvalue weighted by Crippen LogP contribution is 2.23. The minimum absolute atomic E-state index is 0.335. The lowest BCUT2D eigenvalue weighted by molar-refractivity contribution is 0.140. The van der Waals surface area contributed by atoms with Crippen LogP contribution in [-0.2, 0) is 7.05 Å². The van der Waals surface area contributed by atoms with Gasteiger partial charge in [0.2, 0.25) is 0 Å². The van der Waals surface area contributed by atoms with Crippen molar-refractivity contribution in [3.8, 4) is 5.75 Å². The predicted octanol–water partition coefficient (Wildman–Crippen LogP) is 0.388. The van der Waals surface area contributed by atoms with E-state index >= 15 is 0 Å². The zero-order chi connectivity index (χ0) is 9.42. The summed E-state index contributed by atoms with van der Waals surface area (Å²) in [4.78, 5) is 0. The van der Waals surface area contributed by atoms with Gasteiger partial charge in [0.05, 0.1) is 5.69 Å². The second-order valence-electron chi connectivity index (χ2n) is 3.52. The van der Waals surface area contributed by atoms with Crippen LogP contribution < -0.4 is 10.1 Å². The van der Waals surface area contributed by atoms with Crippen LogP contribution in [0.2, 0.25) is 0 Å². The molecule has 1 aromatic rings. The monoisotopic (exact) mass is 181 g/mol. The molecule has 0 unspecified atom stereocenters.